The summed E-state index contributed by atoms with van der Waals surface area (Å²) in [6, 6.07) is 11.5. The number of benzene rings is 2. The van der Waals surface area contributed by atoms with Crippen LogP contribution in [0.25, 0.3) is 11.3 Å². The quantitative estimate of drug-likeness (QED) is 0.452. The number of aliphatic carboxylic acids is 1. The average molecular weight is 422 g/mol. The predicted molar refractivity (Wildman–Crippen MR) is 109 cm³/mol. The van der Waals surface area contributed by atoms with Crippen LogP contribution in [0.3, 0.4) is 0 Å². The van der Waals surface area contributed by atoms with Gasteiger partial charge in [0, 0.05) is 21.2 Å². The van der Waals surface area contributed by atoms with Crippen molar-refractivity contribution in [3.8, 4) is 22.8 Å². The van der Waals surface area contributed by atoms with Gasteiger partial charge < -0.3 is 14.6 Å². The molecule has 0 spiro atoms. The molecule has 1 aromatic heterocycles. The normalized spacial score (nSPS) is 11.9. The number of rotatable bonds is 5. The molecule has 0 aliphatic heterocycles. The molecule has 2 aliphatic carbocycles. The highest BCUT2D eigenvalue weighted by Crippen LogP contribution is 2.34. The zero-order valence-corrected chi connectivity index (χ0v) is 16.9. The second-order valence-electron chi connectivity index (χ2n) is 5.58. The minimum Gasteiger partial charge on any atom is -0.493 e. The van der Waals surface area contributed by atoms with E-state index in [4.69, 9.17) is 26.2 Å². The molecule has 2 aliphatic rings. The zero-order chi connectivity index (χ0) is 19.6. The van der Waals surface area contributed by atoms with Crippen molar-refractivity contribution >= 4 is 41.5 Å². The van der Waals surface area contributed by atoms with Crippen molar-refractivity contribution in [2.24, 2.45) is 0 Å². The second-order valence-corrected chi connectivity index (χ2v) is 7.39. The molecule has 0 fully saturated rings. The summed E-state index contributed by atoms with van der Waals surface area (Å²) in [5, 5.41) is 13.7. The molecule has 5 nitrogen and oxygen atoms in total. The van der Waals surface area contributed by atoms with Crippen LogP contribution in [0, 0.1) is 10.4 Å². The van der Waals surface area contributed by atoms with Gasteiger partial charge in [0.15, 0.2) is 16.7 Å². The molecule has 0 radical (unpaired) electrons. The number of aromatic nitrogens is 1. The Morgan fingerprint density at radius 3 is 2.37 bits per heavy atom. The lowest BCUT2D eigenvalue weighted by molar-refractivity contribution is -0.136. The molecule has 4 rings (SSSR count). The Hall–Kier alpha value is -2.22. The molecular formula is C19H16ClNO4S2. The molecule has 0 saturated carbocycles. The zero-order valence-electron chi connectivity index (χ0n) is 14.5. The van der Waals surface area contributed by atoms with E-state index in [1.807, 2.05) is 18.2 Å². The first kappa shape index (κ1) is 19.5. The maximum absolute atomic E-state index is 10.9. The van der Waals surface area contributed by atoms with Gasteiger partial charge >= 0.3 is 5.97 Å². The molecule has 1 heterocycles. The van der Waals surface area contributed by atoms with E-state index in [1.54, 1.807) is 31.7 Å². The Morgan fingerprint density at radius 1 is 1.19 bits per heavy atom. The van der Waals surface area contributed by atoms with Gasteiger partial charge in [0.05, 0.1) is 19.9 Å². The summed E-state index contributed by atoms with van der Waals surface area (Å²) >= 11 is 10.9. The van der Waals surface area contributed by atoms with E-state index < -0.39 is 11.2 Å². The van der Waals surface area contributed by atoms with Gasteiger partial charge in [-0.3, -0.25) is 4.79 Å². The number of hydrogen-bond acceptors (Lipinski definition) is 6. The lowest BCUT2D eigenvalue weighted by atomic mass is 10.1. The number of ether oxygens (including phenoxy) is 2. The van der Waals surface area contributed by atoms with E-state index in [1.165, 1.54) is 21.8 Å². The summed E-state index contributed by atoms with van der Waals surface area (Å²) < 4.78 is 10.4. The van der Waals surface area contributed by atoms with Crippen LogP contribution >= 0.6 is 35.6 Å². The molecular weight excluding hydrogens is 406 g/mol. The molecule has 27 heavy (non-hydrogen) atoms. The Bertz CT molecular complexity index is 1080. The lowest BCUT2D eigenvalue weighted by Gasteiger charge is -2.08. The molecule has 0 saturated heterocycles. The maximum atomic E-state index is 10.9. The third-order valence-electron chi connectivity index (χ3n) is 3.95. The van der Waals surface area contributed by atoms with Crippen LogP contribution in [0.15, 0.2) is 41.8 Å². The predicted octanol–water partition coefficient (Wildman–Crippen LogP) is 4.82. The van der Waals surface area contributed by atoms with Crippen molar-refractivity contribution in [3.63, 3.8) is 0 Å². The standard InChI is InChI=1S/C13H13NO4S2.C6H3Cl/c1-17-9-4-3-7(5-10(9)18-2)8-6-20-12(14-8)11(19)13(15)16;7-6-3-4-1-2-5(4)6/h3-6,11,19H,1-2H3,(H,15,16);1-3H. The van der Waals surface area contributed by atoms with Crippen molar-refractivity contribution < 1.29 is 19.4 Å². The summed E-state index contributed by atoms with van der Waals surface area (Å²) in [6.07, 6.45) is 0. The molecule has 140 valence electrons. The van der Waals surface area contributed by atoms with E-state index in [-0.39, 0.29) is 0 Å². The smallest absolute Gasteiger partial charge is 0.323 e. The number of halogens is 1. The summed E-state index contributed by atoms with van der Waals surface area (Å²) in [7, 11) is 3.12. The fourth-order valence-electron chi connectivity index (χ4n) is 2.39. The highest BCUT2D eigenvalue weighted by molar-refractivity contribution is 7.81. The summed E-state index contributed by atoms with van der Waals surface area (Å²) in [6.45, 7) is 0. The Labute approximate surface area is 170 Å². The van der Waals surface area contributed by atoms with Gasteiger partial charge in [-0.1, -0.05) is 23.7 Å². The molecule has 1 N–H and O–H groups in total. The number of carboxylic acid groups (broad SMARTS) is 1. The van der Waals surface area contributed by atoms with E-state index >= 15 is 0 Å². The maximum Gasteiger partial charge on any atom is 0.323 e. The van der Waals surface area contributed by atoms with E-state index in [9.17, 15) is 4.79 Å². The average Bonchev–Trinajstić information content (AvgIpc) is 3.15. The van der Waals surface area contributed by atoms with Gasteiger partial charge in [0.25, 0.3) is 0 Å². The van der Waals surface area contributed by atoms with Gasteiger partial charge in [-0.05, 0) is 29.5 Å². The van der Waals surface area contributed by atoms with Crippen LogP contribution in [-0.4, -0.2) is 30.3 Å². The Kier molecular flexibility index (Phi) is 5.94. The molecule has 1 aromatic carbocycles. The number of carboxylic acids is 1. The third kappa shape index (κ3) is 4.05. The first-order chi connectivity index (χ1) is 12.9. The van der Waals surface area contributed by atoms with Crippen LogP contribution in [0.1, 0.15) is 10.3 Å². The highest BCUT2D eigenvalue weighted by Gasteiger charge is 2.19. The fourth-order valence-corrected chi connectivity index (χ4v) is 3.72. The lowest BCUT2D eigenvalue weighted by Crippen LogP contribution is -2.04. The van der Waals surface area contributed by atoms with Gasteiger partial charge in [-0.25, -0.2) is 4.98 Å². The topological polar surface area (TPSA) is 68.7 Å². The Morgan fingerprint density at radius 2 is 1.93 bits per heavy atom. The molecule has 1 atom stereocenters. The number of nitrogens with zero attached hydrogens (tertiary/aromatic N) is 1. The van der Waals surface area contributed by atoms with E-state index in [2.05, 4.69) is 23.7 Å². The van der Waals surface area contributed by atoms with Gasteiger partial charge in [-0.15, -0.1) is 11.3 Å². The van der Waals surface area contributed by atoms with Crippen LogP contribution in [-0.2, 0) is 4.79 Å². The van der Waals surface area contributed by atoms with Gasteiger partial charge in [-0.2, -0.15) is 12.6 Å². The molecule has 8 heteroatoms. The number of methoxy groups -OCH3 is 2. The van der Waals surface area contributed by atoms with Crippen molar-refractivity contribution in [1.82, 2.24) is 4.98 Å². The van der Waals surface area contributed by atoms with E-state index in [0.717, 1.165) is 10.6 Å². The van der Waals surface area contributed by atoms with Crippen LogP contribution in [0.4, 0.5) is 0 Å². The monoisotopic (exact) mass is 421 g/mol. The minimum absolute atomic E-state index is 0.450. The Balaban J connectivity index is 0.000000246. The van der Waals surface area contributed by atoms with Crippen molar-refractivity contribution in [3.05, 3.63) is 62.2 Å². The number of thiol groups is 1. The number of carbonyl (C=O) groups is 1. The largest absolute Gasteiger partial charge is 0.493 e. The fraction of sp³-hybridized carbons (Fsp3) is 0.158. The van der Waals surface area contributed by atoms with E-state index in [0.29, 0.717) is 22.2 Å². The third-order valence-corrected chi connectivity index (χ3v) is 5.81. The van der Waals surface area contributed by atoms with Crippen molar-refractivity contribution in [1.29, 1.82) is 0 Å². The van der Waals surface area contributed by atoms with Crippen molar-refractivity contribution in [2.75, 3.05) is 14.2 Å². The second kappa shape index (κ2) is 8.21. The summed E-state index contributed by atoms with van der Waals surface area (Å²) in [4.78, 5) is 15.2. The SMILES string of the molecule is COc1ccc(-c2csc(C(S)C(=O)O)n2)cc1OC.Clc1cc2ccc1=2. The highest BCUT2D eigenvalue weighted by atomic mass is 35.5. The van der Waals surface area contributed by atoms with Gasteiger partial charge in [0.1, 0.15) is 5.01 Å². The first-order valence-electron chi connectivity index (χ1n) is 7.83. The first-order valence-corrected chi connectivity index (χ1v) is 9.60. The number of hydrogen-bond donors (Lipinski definition) is 2. The van der Waals surface area contributed by atoms with Crippen LogP contribution in [0.5, 0.6) is 11.5 Å². The molecule has 0 bridgehead atoms. The molecule has 1 unspecified atom stereocenters. The molecule has 2 aromatic rings. The van der Waals surface area contributed by atoms with Crippen LogP contribution < -0.4 is 9.47 Å². The molecule has 0 amide bonds. The summed E-state index contributed by atoms with van der Waals surface area (Å²) in [5.41, 5.74) is 1.52. The minimum atomic E-state index is -1.01. The number of thiazole rings is 1. The van der Waals surface area contributed by atoms with Crippen molar-refractivity contribution in [2.45, 2.75) is 5.25 Å². The van der Waals surface area contributed by atoms with Gasteiger partial charge in [0.2, 0.25) is 0 Å². The van der Waals surface area contributed by atoms with Crippen LogP contribution in [0.2, 0.25) is 5.02 Å². The summed E-state index contributed by atoms with van der Waals surface area (Å²) in [5.74, 6) is 0.214.